The minimum atomic E-state index is -0.210. The molecule has 1 aromatic heterocycles. The van der Waals surface area contributed by atoms with E-state index >= 15 is 0 Å². The van der Waals surface area contributed by atoms with E-state index in [4.69, 9.17) is 4.52 Å². The normalized spacial score (nSPS) is 29.7. The Hall–Kier alpha value is -0.940. The van der Waals surface area contributed by atoms with Gasteiger partial charge in [-0.2, -0.15) is 4.98 Å². The van der Waals surface area contributed by atoms with E-state index in [9.17, 15) is 5.11 Å². The van der Waals surface area contributed by atoms with Crippen molar-refractivity contribution in [2.75, 3.05) is 6.54 Å². The number of β-amino-alcohol motifs (C(OH)–C–C–N with tert-alkyl or cyclic N) is 1. The average Bonchev–Trinajstić information content (AvgIpc) is 2.63. The van der Waals surface area contributed by atoms with Crippen molar-refractivity contribution in [3.63, 3.8) is 0 Å². The minimum absolute atomic E-state index is 0.210. The maximum absolute atomic E-state index is 9.39. The van der Waals surface area contributed by atoms with Crippen molar-refractivity contribution in [2.24, 2.45) is 0 Å². The van der Waals surface area contributed by atoms with Crippen LogP contribution in [0.5, 0.6) is 0 Å². The molecular formula is C8H13N3O2. The summed E-state index contributed by atoms with van der Waals surface area (Å²) < 4.78 is 4.89. The number of hydrogen-bond donors (Lipinski definition) is 1. The van der Waals surface area contributed by atoms with Crippen molar-refractivity contribution in [1.29, 1.82) is 0 Å². The summed E-state index contributed by atoms with van der Waals surface area (Å²) in [5.74, 6) is 0.612. The number of rotatable bonds is 2. The fourth-order valence-electron chi connectivity index (χ4n) is 1.73. The molecule has 1 aromatic rings. The van der Waals surface area contributed by atoms with E-state index in [0.717, 1.165) is 6.42 Å². The first-order valence-corrected chi connectivity index (χ1v) is 4.43. The molecule has 0 saturated carbocycles. The first-order chi connectivity index (χ1) is 6.25. The van der Waals surface area contributed by atoms with E-state index < -0.39 is 0 Å². The zero-order valence-corrected chi connectivity index (χ0v) is 7.55. The number of aliphatic hydroxyl groups is 1. The average molecular weight is 183 g/mol. The summed E-state index contributed by atoms with van der Waals surface area (Å²) in [6.07, 6.45) is 2.01. The fourth-order valence-corrected chi connectivity index (χ4v) is 1.73. The standard InChI is InChI=1S/C8H13N3O2/c1-6-2-7(12)3-11(6)4-8-9-5-10-13-8/h5-7,12H,2-4H2,1H3. The van der Waals surface area contributed by atoms with Gasteiger partial charge in [-0.3, -0.25) is 4.90 Å². The van der Waals surface area contributed by atoms with Gasteiger partial charge in [0.15, 0.2) is 6.33 Å². The lowest BCUT2D eigenvalue weighted by Gasteiger charge is -2.17. The second kappa shape index (κ2) is 3.43. The van der Waals surface area contributed by atoms with Crippen LogP contribution in [0.4, 0.5) is 0 Å². The molecule has 0 aromatic carbocycles. The molecule has 0 amide bonds. The fraction of sp³-hybridized carbons (Fsp3) is 0.750. The van der Waals surface area contributed by atoms with Crippen LogP contribution in [0.1, 0.15) is 19.2 Å². The number of aliphatic hydroxyl groups excluding tert-OH is 1. The lowest BCUT2D eigenvalue weighted by atomic mass is 10.2. The van der Waals surface area contributed by atoms with Gasteiger partial charge in [-0.05, 0) is 13.3 Å². The van der Waals surface area contributed by atoms with Crippen LogP contribution in [0.2, 0.25) is 0 Å². The molecule has 72 valence electrons. The highest BCUT2D eigenvalue weighted by atomic mass is 16.5. The van der Waals surface area contributed by atoms with Gasteiger partial charge >= 0.3 is 0 Å². The molecule has 2 atom stereocenters. The summed E-state index contributed by atoms with van der Waals surface area (Å²) in [5, 5.41) is 12.9. The summed E-state index contributed by atoms with van der Waals surface area (Å²) in [7, 11) is 0. The number of aromatic nitrogens is 2. The largest absolute Gasteiger partial charge is 0.392 e. The van der Waals surface area contributed by atoms with Gasteiger partial charge in [0, 0.05) is 12.6 Å². The summed E-state index contributed by atoms with van der Waals surface area (Å²) in [5.41, 5.74) is 0. The van der Waals surface area contributed by atoms with Gasteiger partial charge in [0.25, 0.3) is 0 Å². The molecule has 0 radical (unpaired) electrons. The molecule has 13 heavy (non-hydrogen) atoms. The molecule has 0 aliphatic carbocycles. The second-order valence-corrected chi connectivity index (χ2v) is 3.50. The smallest absolute Gasteiger partial charge is 0.240 e. The summed E-state index contributed by atoms with van der Waals surface area (Å²) >= 11 is 0. The topological polar surface area (TPSA) is 62.4 Å². The third-order valence-corrected chi connectivity index (χ3v) is 2.43. The van der Waals surface area contributed by atoms with E-state index in [0.29, 0.717) is 25.0 Å². The van der Waals surface area contributed by atoms with Crippen LogP contribution in [-0.2, 0) is 6.54 Å². The Morgan fingerprint density at radius 1 is 1.77 bits per heavy atom. The third kappa shape index (κ3) is 1.87. The minimum Gasteiger partial charge on any atom is -0.392 e. The van der Waals surface area contributed by atoms with E-state index in [1.807, 2.05) is 0 Å². The van der Waals surface area contributed by atoms with Gasteiger partial charge in [-0.15, -0.1) is 0 Å². The Balaban J connectivity index is 1.95. The van der Waals surface area contributed by atoms with Gasteiger partial charge in [0.05, 0.1) is 12.6 Å². The Bertz CT molecular complexity index is 262. The molecule has 1 aliphatic heterocycles. The van der Waals surface area contributed by atoms with Crippen LogP contribution >= 0.6 is 0 Å². The third-order valence-electron chi connectivity index (χ3n) is 2.43. The molecule has 2 unspecified atom stereocenters. The lowest BCUT2D eigenvalue weighted by molar-refractivity contribution is 0.166. The second-order valence-electron chi connectivity index (χ2n) is 3.50. The molecule has 5 heteroatoms. The van der Waals surface area contributed by atoms with Gasteiger partial charge in [-0.1, -0.05) is 5.16 Å². The van der Waals surface area contributed by atoms with Crippen molar-refractivity contribution in [1.82, 2.24) is 15.0 Å². The highest BCUT2D eigenvalue weighted by molar-refractivity contribution is 4.85. The summed E-state index contributed by atoms with van der Waals surface area (Å²) in [4.78, 5) is 6.08. The Kier molecular flexibility index (Phi) is 2.28. The van der Waals surface area contributed by atoms with E-state index in [-0.39, 0.29) is 6.10 Å². The van der Waals surface area contributed by atoms with Crippen LogP contribution in [0.15, 0.2) is 10.9 Å². The predicted molar refractivity (Wildman–Crippen MR) is 44.8 cm³/mol. The van der Waals surface area contributed by atoms with Gasteiger partial charge < -0.3 is 9.63 Å². The first-order valence-electron chi connectivity index (χ1n) is 4.43. The lowest BCUT2D eigenvalue weighted by Crippen LogP contribution is -2.27. The van der Waals surface area contributed by atoms with Crippen molar-refractivity contribution in [2.45, 2.75) is 32.0 Å². The zero-order valence-electron chi connectivity index (χ0n) is 7.55. The monoisotopic (exact) mass is 183 g/mol. The summed E-state index contributed by atoms with van der Waals surface area (Å²) in [6.45, 7) is 3.42. The van der Waals surface area contributed by atoms with Crippen LogP contribution in [-0.4, -0.2) is 38.8 Å². The maximum Gasteiger partial charge on any atom is 0.240 e. The molecule has 0 spiro atoms. The molecule has 1 aliphatic rings. The summed E-state index contributed by atoms with van der Waals surface area (Å²) in [6, 6.07) is 0.391. The zero-order chi connectivity index (χ0) is 9.26. The molecule has 5 nitrogen and oxygen atoms in total. The molecule has 1 N–H and O–H groups in total. The number of hydrogen-bond acceptors (Lipinski definition) is 5. The van der Waals surface area contributed by atoms with Gasteiger partial charge in [0.2, 0.25) is 5.89 Å². The SMILES string of the molecule is CC1CC(O)CN1Cc1ncno1. The quantitative estimate of drug-likeness (QED) is 0.700. The maximum atomic E-state index is 9.39. The molecule has 1 fully saturated rings. The molecule has 1 saturated heterocycles. The van der Waals surface area contributed by atoms with Crippen LogP contribution in [0.25, 0.3) is 0 Å². The Labute approximate surface area is 76.4 Å². The van der Waals surface area contributed by atoms with Crippen LogP contribution < -0.4 is 0 Å². The number of likely N-dealkylation sites (tertiary alicyclic amines) is 1. The molecule has 0 bridgehead atoms. The molecular weight excluding hydrogens is 170 g/mol. The van der Waals surface area contributed by atoms with E-state index in [1.165, 1.54) is 6.33 Å². The highest BCUT2D eigenvalue weighted by Crippen LogP contribution is 2.18. The van der Waals surface area contributed by atoms with Crippen LogP contribution in [0.3, 0.4) is 0 Å². The Morgan fingerprint density at radius 3 is 3.15 bits per heavy atom. The molecule has 2 rings (SSSR count). The van der Waals surface area contributed by atoms with Crippen molar-refractivity contribution < 1.29 is 9.63 Å². The van der Waals surface area contributed by atoms with Crippen molar-refractivity contribution in [3.05, 3.63) is 12.2 Å². The predicted octanol–water partition coefficient (Wildman–Crippen LogP) is 0.0247. The van der Waals surface area contributed by atoms with E-state index in [2.05, 4.69) is 22.0 Å². The first kappa shape index (κ1) is 8.65. The number of nitrogens with zero attached hydrogens (tertiary/aromatic N) is 3. The van der Waals surface area contributed by atoms with Gasteiger partial charge in [-0.25, -0.2) is 0 Å². The highest BCUT2D eigenvalue weighted by Gasteiger charge is 2.28. The van der Waals surface area contributed by atoms with Crippen LogP contribution in [0, 0.1) is 0 Å². The Morgan fingerprint density at radius 2 is 2.62 bits per heavy atom. The van der Waals surface area contributed by atoms with E-state index in [1.54, 1.807) is 0 Å². The van der Waals surface area contributed by atoms with Gasteiger partial charge in [0.1, 0.15) is 0 Å². The van der Waals surface area contributed by atoms with Crippen molar-refractivity contribution in [3.8, 4) is 0 Å². The van der Waals surface area contributed by atoms with Crippen molar-refractivity contribution >= 4 is 0 Å². The molecule has 2 heterocycles.